The van der Waals surface area contributed by atoms with E-state index >= 15 is 0 Å². The normalized spacial score (nSPS) is 14.7. The Kier molecular flexibility index (Phi) is 5.92. The van der Waals surface area contributed by atoms with Crippen LogP contribution >= 0.6 is 11.6 Å². The van der Waals surface area contributed by atoms with Crippen molar-refractivity contribution in [3.8, 4) is 5.69 Å². The van der Waals surface area contributed by atoms with E-state index in [0.717, 1.165) is 12.2 Å². The van der Waals surface area contributed by atoms with Crippen LogP contribution < -0.4 is 5.32 Å². The first-order chi connectivity index (χ1) is 14.1. The molecule has 1 heterocycles. The molecular weight excluding hydrogens is 386 g/mol. The van der Waals surface area contributed by atoms with Gasteiger partial charge in [0.15, 0.2) is 0 Å². The third-order valence-corrected chi connectivity index (χ3v) is 5.50. The molecule has 1 aromatic heterocycles. The Hall–Kier alpha value is -2.70. The summed E-state index contributed by atoms with van der Waals surface area (Å²) in [4.78, 5) is 19.2. The topological polar surface area (TPSA) is 63.1 Å². The molecule has 0 spiro atoms. The monoisotopic (exact) mass is 409 g/mol. The minimum atomic E-state index is -0.0722. The Morgan fingerprint density at radius 1 is 1.28 bits per heavy atom. The van der Waals surface area contributed by atoms with Gasteiger partial charge in [-0.1, -0.05) is 41.9 Å². The molecule has 1 aliphatic rings. The van der Waals surface area contributed by atoms with Crippen LogP contribution in [0.3, 0.4) is 0 Å². The number of benzene rings is 2. The van der Waals surface area contributed by atoms with Crippen molar-refractivity contribution in [3.63, 3.8) is 0 Å². The largest absolute Gasteiger partial charge is 0.323 e. The van der Waals surface area contributed by atoms with Crippen LogP contribution in [0.25, 0.3) is 5.69 Å². The number of nitrogens with one attached hydrogen (secondary N) is 1. The Bertz CT molecular complexity index is 957. The molecule has 1 N–H and O–H groups in total. The standard InChI is InChI=1S/C22H24ClN5O/c1-16(18-5-3-2-4-6-18)27(12-17-7-8-17)13-22(29)26-20-11-19(23)9-10-21(20)28-15-24-14-25-28/h2-6,9-11,14-17H,7-8,12-13H2,1H3,(H,26,29). The fraction of sp³-hybridized carbons (Fsp3) is 0.318. The van der Waals surface area contributed by atoms with Crippen molar-refractivity contribution in [1.82, 2.24) is 19.7 Å². The van der Waals surface area contributed by atoms with Gasteiger partial charge in [-0.15, -0.1) is 0 Å². The zero-order valence-corrected chi connectivity index (χ0v) is 17.1. The number of hydrogen-bond donors (Lipinski definition) is 1. The SMILES string of the molecule is CC(c1ccccc1)N(CC(=O)Nc1cc(Cl)ccc1-n1cncn1)CC1CC1. The van der Waals surface area contributed by atoms with Crippen LogP contribution in [0.1, 0.15) is 31.4 Å². The summed E-state index contributed by atoms with van der Waals surface area (Å²) in [5.74, 6) is 0.614. The Balaban J connectivity index is 1.51. The number of hydrogen-bond acceptors (Lipinski definition) is 4. The van der Waals surface area contributed by atoms with E-state index in [2.05, 4.69) is 39.4 Å². The van der Waals surface area contributed by atoms with E-state index in [1.165, 1.54) is 24.7 Å². The molecule has 1 amide bonds. The van der Waals surface area contributed by atoms with Crippen LogP contribution in [-0.2, 0) is 4.79 Å². The van der Waals surface area contributed by atoms with Crippen molar-refractivity contribution < 1.29 is 4.79 Å². The fourth-order valence-electron chi connectivity index (χ4n) is 3.45. The lowest BCUT2D eigenvalue weighted by Gasteiger charge is -2.29. The molecule has 1 unspecified atom stereocenters. The highest BCUT2D eigenvalue weighted by molar-refractivity contribution is 6.31. The molecule has 0 aliphatic heterocycles. The number of anilines is 1. The average molecular weight is 410 g/mol. The van der Waals surface area contributed by atoms with Crippen molar-refractivity contribution >= 4 is 23.2 Å². The number of carbonyl (C=O) groups is 1. The smallest absolute Gasteiger partial charge is 0.238 e. The molecule has 150 valence electrons. The predicted molar refractivity (Wildman–Crippen MR) is 114 cm³/mol. The molecular formula is C22H24ClN5O. The molecule has 3 aromatic rings. The summed E-state index contributed by atoms with van der Waals surface area (Å²) in [5, 5.41) is 7.73. The van der Waals surface area contributed by atoms with E-state index < -0.39 is 0 Å². The molecule has 2 aromatic carbocycles. The van der Waals surface area contributed by atoms with Crippen molar-refractivity contribution in [2.75, 3.05) is 18.4 Å². The second kappa shape index (κ2) is 8.76. The highest BCUT2D eigenvalue weighted by Crippen LogP contribution is 2.33. The lowest BCUT2D eigenvalue weighted by atomic mass is 10.1. The van der Waals surface area contributed by atoms with Crippen LogP contribution in [-0.4, -0.2) is 38.7 Å². The number of aromatic nitrogens is 3. The number of carbonyl (C=O) groups excluding carboxylic acids is 1. The lowest BCUT2D eigenvalue weighted by molar-refractivity contribution is -0.117. The highest BCUT2D eigenvalue weighted by atomic mass is 35.5. The second-order valence-electron chi connectivity index (χ2n) is 7.51. The zero-order chi connectivity index (χ0) is 20.2. The summed E-state index contributed by atoms with van der Waals surface area (Å²) in [6.07, 6.45) is 5.53. The number of halogens is 1. The van der Waals surface area contributed by atoms with Gasteiger partial charge in [0.2, 0.25) is 5.91 Å². The molecule has 6 nitrogen and oxygen atoms in total. The molecule has 0 saturated heterocycles. The van der Waals surface area contributed by atoms with E-state index in [1.54, 1.807) is 23.1 Å². The van der Waals surface area contributed by atoms with E-state index in [0.29, 0.717) is 23.2 Å². The summed E-state index contributed by atoms with van der Waals surface area (Å²) in [6.45, 7) is 3.40. The fourth-order valence-corrected chi connectivity index (χ4v) is 3.62. The van der Waals surface area contributed by atoms with Gasteiger partial charge in [-0.05, 0) is 49.4 Å². The first-order valence-electron chi connectivity index (χ1n) is 9.83. The summed E-state index contributed by atoms with van der Waals surface area (Å²) >= 11 is 6.17. The second-order valence-corrected chi connectivity index (χ2v) is 7.95. The summed E-state index contributed by atoms with van der Waals surface area (Å²) in [5.41, 5.74) is 2.56. The van der Waals surface area contributed by atoms with Gasteiger partial charge in [0, 0.05) is 17.6 Å². The molecule has 1 atom stereocenters. The van der Waals surface area contributed by atoms with Crippen LogP contribution in [0.15, 0.2) is 61.2 Å². The molecule has 0 bridgehead atoms. The average Bonchev–Trinajstić information content (AvgIpc) is 3.37. The van der Waals surface area contributed by atoms with Crippen LogP contribution in [0.4, 0.5) is 5.69 Å². The van der Waals surface area contributed by atoms with E-state index in [4.69, 9.17) is 11.6 Å². The molecule has 0 radical (unpaired) electrons. The molecule has 1 saturated carbocycles. The molecule has 1 fully saturated rings. The van der Waals surface area contributed by atoms with Crippen molar-refractivity contribution in [3.05, 3.63) is 71.8 Å². The van der Waals surface area contributed by atoms with Gasteiger partial charge in [0.1, 0.15) is 12.7 Å². The van der Waals surface area contributed by atoms with Crippen molar-refractivity contribution in [1.29, 1.82) is 0 Å². The first kappa shape index (κ1) is 19.6. The predicted octanol–water partition coefficient (Wildman–Crippen LogP) is 4.33. The summed E-state index contributed by atoms with van der Waals surface area (Å²) in [6, 6.07) is 15.8. The number of rotatable bonds is 8. The summed E-state index contributed by atoms with van der Waals surface area (Å²) < 4.78 is 1.61. The maximum Gasteiger partial charge on any atom is 0.238 e. The van der Waals surface area contributed by atoms with Crippen LogP contribution in [0.5, 0.6) is 0 Å². The Labute approximate surface area is 175 Å². The van der Waals surface area contributed by atoms with Gasteiger partial charge >= 0.3 is 0 Å². The number of nitrogens with zero attached hydrogens (tertiary/aromatic N) is 4. The van der Waals surface area contributed by atoms with Gasteiger partial charge in [0.25, 0.3) is 0 Å². The molecule has 1 aliphatic carbocycles. The molecule has 4 rings (SSSR count). The lowest BCUT2D eigenvalue weighted by Crippen LogP contribution is -2.36. The maximum absolute atomic E-state index is 13.0. The first-order valence-corrected chi connectivity index (χ1v) is 10.2. The number of amides is 1. The zero-order valence-electron chi connectivity index (χ0n) is 16.3. The van der Waals surface area contributed by atoms with Crippen LogP contribution in [0.2, 0.25) is 5.02 Å². The minimum absolute atomic E-state index is 0.0722. The third kappa shape index (κ3) is 5.02. The highest BCUT2D eigenvalue weighted by Gasteiger charge is 2.28. The third-order valence-electron chi connectivity index (χ3n) is 5.26. The Morgan fingerprint density at radius 3 is 2.76 bits per heavy atom. The molecule has 29 heavy (non-hydrogen) atoms. The van der Waals surface area contributed by atoms with Gasteiger partial charge in [0.05, 0.1) is 17.9 Å². The van der Waals surface area contributed by atoms with Gasteiger partial charge in [-0.25, -0.2) is 9.67 Å². The maximum atomic E-state index is 13.0. The van der Waals surface area contributed by atoms with Crippen molar-refractivity contribution in [2.24, 2.45) is 5.92 Å². The van der Waals surface area contributed by atoms with E-state index in [1.807, 2.05) is 24.3 Å². The summed E-state index contributed by atoms with van der Waals surface area (Å²) in [7, 11) is 0. The molecule has 7 heteroatoms. The van der Waals surface area contributed by atoms with E-state index in [-0.39, 0.29) is 11.9 Å². The Morgan fingerprint density at radius 2 is 2.07 bits per heavy atom. The van der Waals surface area contributed by atoms with Crippen molar-refractivity contribution in [2.45, 2.75) is 25.8 Å². The van der Waals surface area contributed by atoms with Gasteiger partial charge in [-0.2, -0.15) is 5.10 Å². The minimum Gasteiger partial charge on any atom is -0.323 e. The quantitative estimate of drug-likeness (QED) is 0.601. The van der Waals surface area contributed by atoms with Gasteiger partial charge in [-0.3, -0.25) is 9.69 Å². The van der Waals surface area contributed by atoms with Gasteiger partial charge < -0.3 is 5.32 Å². The van der Waals surface area contributed by atoms with E-state index in [9.17, 15) is 4.79 Å². The van der Waals surface area contributed by atoms with Crippen LogP contribution in [0, 0.1) is 5.92 Å².